The van der Waals surface area contributed by atoms with E-state index < -0.39 is 0 Å². The Morgan fingerprint density at radius 2 is 2.00 bits per heavy atom. The molecule has 2 aromatic heterocycles. The highest BCUT2D eigenvalue weighted by Crippen LogP contribution is 2.31. The molecule has 24 heavy (non-hydrogen) atoms. The van der Waals surface area contributed by atoms with Crippen LogP contribution in [-0.2, 0) is 18.6 Å². The molecular formula is C17H14FN3O2S. The number of benzene rings is 1. The molecule has 1 aliphatic carbocycles. The van der Waals surface area contributed by atoms with Crippen LogP contribution in [0.1, 0.15) is 23.6 Å². The van der Waals surface area contributed by atoms with E-state index in [1.54, 1.807) is 18.3 Å². The largest absolute Gasteiger partial charge is 0.493 e. The second kappa shape index (κ2) is 6.24. The Kier molecular flexibility index (Phi) is 3.93. The van der Waals surface area contributed by atoms with Crippen molar-refractivity contribution in [1.82, 2.24) is 15.0 Å². The van der Waals surface area contributed by atoms with Crippen LogP contribution in [0.4, 0.5) is 4.39 Å². The maximum atomic E-state index is 13.0. The molecule has 122 valence electrons. The predicted molar refractivity (Wildman–Crippen MR) is 87.2 cm³/mol. The van der Waals surface area contributed by atoms with Gasteiger partial charge in [0.2, 0.25) is 11.8 Å². The van der Waals surface area contributed by atoms with Crippen LogP contribution in [0.3, 0.4) is 0 Å². The predicted octanol–water partition coefficient (Wildman–Crippen LogP) is 3.76. The van der Waals surface area contributed by atoms with Gasteiger partial charge in [-0.15, -0.1) is 0 Å². The fraction of sp³-hybridized carbons (Fsp3) is 0.235. The molecule has 0 amide bonds. The molecular weight excluding hydrogens is 329 g/mol. The molecule has 4 rings (SSSR count). The highest BCUT2D eigenvalue weighted by molar-refractivity contribution is 7.98. The van der Waals surface area contributed by atoms with E-state index in [-0.39, 0.29) is 11.7 Å². The molecule has 1 aromatic carbocycles. The Hall–Kier alpha value is -2.41. The van der Waals surface area contributed by atoms with Crippen molar-refractivity contribution in [2.45, 2.75) is 30.2 Å². The van der Waals surface area contributed by atoms with Gasteiger partial charge in [0.1, 0.15) is 5.82 Å². The van der Waals surface area contributed by atoms with E-state index in [0.717, 1.165) is 36.1 Å². The van der Waals surface area contributed by atoms with Gasteiger partial charge in [-0.3, -0.25) is 0 Å². The van der Waals surface area contributed by atoms with Crippen LogP contribution >= 0.6 is 11.8 Å². The van der Waals surface area contributed by atoms with Crippen LogP contribution in [0.25, 0.3) is 11.3 Å². The van der Waals surface area contributed by atoms with E-state index in [9.17, 15) is 9.50 Å². The molecule has 0 fully saturated rings. The fourth-order valence-electron chi connectivity index (χ4n) is 2.71. The molecule has 0 saturated carbocycles. The van der Waals surface area contributed by atoms with Gasteiger partial charge < -0.3 is 9.52 Å². The Balaban J connectivity index is 1.47. The van der Waals surface area contributed by atoms with Crippen LogP contribution in [0, 0.1) is 5.82 Å². The smallest absolute Gasteiger partial charge is 0.218 e. The summed E-state index contributed by atoms with van der Waals surface area (Å²) in [4.78, 5) is 12.8. The lowest BCUT2D eigenvalue weighted by molar-refractivity contribution is 0.438. The highest BCUT2D eigenvalue weighted by Gasteiger charge is 2.19. The summed E-state index contributed by atoms with van der Waals surface area (Å²) in [5.41, 5.74) is 2.57. The van der Waals surface area contributed by atoms with Crippen molar-refractivity contribution in [3.05, 3.63) is 53.4 Å². The van der Waals surface area contributed by atoms with Gasteiger partial charge >= 0.3 is 0 Å². The second-order valence-corrected chi connectivity index (χ2v) is 6.46. The number of thioether (sulfide) groups is 1. The van der Waals surface area contributed by atoms with Gasteiger partial charge in [-0.2, -0.15) is 4.98 Å². The second-order valence-electron chi connectivity index (χ2n) is 5.52. The highest BCUT2D eigenvalue weighted by atomic mass is 32.2. The zero-order chi connectivity index (χ0) is 16.5. The molecule has 1 N–H and O–H groups in total. The van der Waals surface area contributed by atoms with Crippen molar-refractivity contribution < 1.29 is 13.9 Å². The van der Waals surface area contributed by atoms with Crippen molar-refractivity contribution in [3.63, 3.8) is 0 Å². The fourth-order valence-corrected chi connectivity index (χ4v) is 3.42. The maximum absolute atomic E-state index is 13.0. The first-order valence-electron chi connectivity index (χ1n) is 7.61. The molecule has 0 spiro atoms. The molecule has 0 unspecified atom stereocenters. The molecule has 0 atom stereocenters. The number of aromatic hydroxyl groups is 1. The minimum atomic E-state index is -0.289. The lowest BCUT2D eigenvalue weighted by Crippen LogP contribution is -1.95. The maximum Gasteiger partial charge on any atom is 0.218 e. The quantitative estimate of drug-likeness (QED) is 0.574. The summed E-state index contributed by atoms with van der Waals surface area (Å²) in [6.45, 7) is 0. The summed E-state index contributed by atoms with van der Waals surface area (Å²) in [6, 6.07) is 6.06. The molecule has 7 heteroatoms. The number of hydrogen-bond donors (Lipinski definition) is 1. The normalized spacial score (nSPS) is 13.2. The van der Waals surface area contributed by atoms with E-state index in [2.05, 4.69) is 15.0 Å². The number of oxazole rings is 1. The summed E-state index contributed by atoms with van der Waals surface area (Å²) in [5, 5.41) is 10.5. The number of hydrogen-bond acceptors (Lipinski definition) is 6. The van der Waals surface area contributed by atoms with E-state index in [0.29, 0.717) is 22.6 Å². The first-order chi connectivity index (χ1) is 11.7. The van der Waals surface area contributed by atoms with E-state index in [4.69, 9.17) is 4.42 Å². The zero-order valence-electron chi connectivity index (χ0n) is 12.7. The molecule has 2 heterocycles. The van der Waals surface area contributed by atoms with Gasteiger partial charge in [-0.25, -0.2) is 14.4 Å². The standard InChI is InChI=1S/C17H14FN3O2S/c18-11-6-4-10(5-7-11)14-8-19-15(23-14)9-24-17-20-13-3-1-2-12(13)16(22)21-17/h4-8H,1-3,9H2,(H,20,21,22). The Morgan fingerprint density at radius 1 is 1.17 bits per heavy atom. The van der Waals surface area contributed by atoms with Crippen molar-refractivity contribution >= 4 is 11.8 Å². The monoisotopic (exact) mass is 343 g/mol. The van der Waals surface area contributed by atoms with Crippen molar-refractivity contribution in [3.8, 4) is 17.2 Å². The minimum absolute atomic E-state index is 0.0828. The third-order valence-corrected chi connectivity index (χ3v) is 4.73. The summed E-state index contributed by atoms with van der Waals surface area (Å²) in [7, 11) is 0. The van der Waals surface area contributed by atoms with Crippen LogP contribution in [0.5, 0.6) is 5.88 Å². The van der Waals surface area contributed by atoms with Crippen molar-refractivity contribution in [2.24, 2.45) is 0 Å². The number of rotatable bonds is 4. The average molecular weight is 343 g/mol. The molecule has 0 radical (unpaired) electrons. The van der Waals surface area contributed by atoms with Gasteiger partial charge in [-0.05, 0) is 43.5 Å². The van der Waals surface area contributed by atoms with Crippen LogP contribution in [-0.4, -0.2) is 20.1 Å². The lowest BCUT2D eigenvalue weighted by Gasteiger charge is -2.04. The SMILES string of the molecule is Oc1nc(SCc2ncc(-c3ccc(F)cc3)o2)nc2c1CCC2. The molecule has 1 aliphatic rings. The van der Waals surface area contributed by atoms with Gasteiger partial charge in [0.15, 0.2) is 10.9 Å². The first kappa shape index (κ1) is 15.1. The van der Waals surface area contributed by atoms with Gasteiger partial charge in [0, 0.05) is 11.1 Å². The summed E-state index contributed by atoms with van der Waals surface area (Å²) in [5.74, 6) is 1.37. The number of aryl methyl sites for hydroxylation is 1. The number of fused-ring (bicyclic) bond motifs is 1. The molecule has 0 aliphatic heterocycles. The van der Waals surface area contributed by atoms with E-state index in [1.165, 1.54) is 23.9 Å². The van der Waals surface area contributed by atoms with Gasteiger partial charge in [0.25, 0.3) is 0 Å². The third kappa shape index (κ3) is 2.99. The van der Waals surface area contributed by atoms with E-state index in [1.807, 2.05) is 0 Å². The minimum Gasteiger partial charge on any atom is -0.493 e. The van der Waals surface area contributed by atoms with Crippen LogP contribution in [0.2, 0.25) is 0 Å². The summed E-state index contributed by atoms with van der Waals surface area (Å²) in [6.07, 6.45) is 4.34. The molecule has 0 bridgehead atoms. The van der Waals surface area contributed by atoms with Crippen LogP contribution in [0.15, 0.2) is 40.0 Å². The summed E-state index contributed by atoms with van der Waals surface area (Å²) < 4.78 is 18.6. The zero-order valence-corrected chi connectivity index (χ0v) is 13.5. The number of aromatic nitrogens is 3. The first-order valence-corrected chi connectivity index (χ1v) is 8.60. The Labute approximate surface area is 142 Å². The topological polar surface area (TPSA) is 72.0 Å². The van der Waals surface area contributed by atoms with Crippen LogP contribution < -0.4 is 0 Å². The van der Waals surface area contributed by atoms with Gasteiger partial charge in [0.05, 0.1) is 17.6 Å². The Bertz CT molecular complexity index is 880. The number of nitrogens with zero attached hydrogens (tertiary/aromatic N) is 3. The van der Waals surface area contributed by atoms with Gasteiger partial charge in [-0.1, -0.05) is 11.8 Å². The number of halogens is 1. The molecule has 3 aromatic rings. The lowest BCUT2D eigenvalue weighted by atomic mass is 10.2. The Morgan fingerprint density at radius 3 is 2.83 bits per heavy atom. The van der Waals surface area contributed by atoms with Crippen molar-refractivity contribution in [2.75, 3.05) is 0 Å². The average Bonchev–Trinajstić information content (AvgIpc) is 3.23. The summed E-state index contributed by atoms with van der Waals surface area (Å²) >= 11 is 1.37. The molecule has 5 nitrogen and oxygen atoms in total. The van der Waals surface area contributed by atoms with E-state index >= 15 is 0 Å². The molecule has 0 saturated heterocycles. The van der Waals surface area contributed by atoms with Crippen molar-refractivity contribution in [1.29, 1.82) is 0 Å². The third-order valence-electron chi connectivity index (χ3n) is 3.90.